The van der Waals surface area contributed by atoms with Crippen LogP contribution in [0.4, 0.5) is 4.79 Å². The Labute approximate surface area is 180 Å². The van der Waals surface area contributed by atoms with Crippen LogP contribution in [0.5, 0.6) is 0 Å². The lowest BCUT2D eigenvalue weighted by molar-refractivity contribution is -0.137. The number of benzene rings is 2. The molecule has 4 rings (SSSR count). The molecule has 3 aromatic rings. The van der Waals surface area contributed by atoms with Crippen molar-refractivity contribution in [3.63, 3.8) is 0 Å². The molecule has 31 heavy (non-hydrogen) atoms. The molecule has 0 aliphatic heterocycles. The number of carbonyl (C=O) groups is 2. The van der Waals surface area contributed by atoms with Gasteiger partial charge in [0.2, 0.25) is 0 Å². The minimum absolute atomic E-state index is 0.0540. The maximum atomic E-state index is 12.6. The van der Waals surface area contributed by atoms with Crippen molar-refractivity contribution < 1.29 is 19.4 Å². The highest BCUT2D eigenvalue weighted by atomic mass is 16.5. The quantitative estimate of drug-likeness (QED) is 0.566. The second kappa shape index (κ2) is 9.04. The van der Waals surface area contributed by atoms with E-state index in [0.717, 1.165) is 28.7 Å². The lowest BCUT2D eigenvalue weighted by Crippen LogP contribution is -2.33. The van der Waals surface area contributed by atoms with Crippen molar-refractivity contribution in [3.05, 3.63) is 77.9 Å². The van der Waals surface area contributed by atoms with Crippen LogP contribution in [0.2, 0.25) is 0 Å². The van der Waals surface area contributed by atoms with Gasteiger partial charge in [-0.3, -0.25) is 4.79 Å². The van der Waals surface area contributed by atoms with Crippen LogP contribution in [-0.2, 0) is 16.1 Å². The summed E-state index contributed by atoms with van der Waals surface area (Å²) in [5, 5.41) is 12.0. The van der Waals surface area contributed by atoms with Crippen LogP contribution in [-0.4, -0.2) is 33.3 Å². The van der Waals surface area contributed by atoms with Crippen LogP contribution in [0, 0.1) is 0 Å². The highest BCUT2D eigenvalue weighted by Crippen LogP contribution is 2.44. The summed E-state index contributed by atoms with van der Waals surface area (Å²) < 4.78 is 7.44. The van der Waals surface area contributed by atoms with Gasteiger partial charge < -0.3 is 19.7 Å². The van der Waals surface area contributed by atoms with Crippen LogP contribution in [0.3, 0.4) is 0 Å². The monoisotopic (exact) mass is 419 g/mol. The summed E-state index contributed by atoms with van der Waals surface area (Å²) in [5.74, 6) is -1.06. The third kappa shape index (κ3) is 4.30. The number of hydrogen-bond acceptors (Lipinski definition) is 4. The zero-order valence-corrected chi connectivity index (χ0v) is 17.3. The number of carboxylic acid groups (broad SMARTS) is 1. The molecular formula is C24H25N3O4. The van der Waals surface area contributed by atoms with Gasteiger partial charge in [-0.05, 0) is 28.7 Å². The number of fused-ring (bicyclic) bond motifs is 3. The van der Waals surface area contributed by atoms with Crippen LogP contribution in [0.15, 0.2) is 61.1 Å². The first-order valence-electron chi connectivity index (χ1n) is 10.4. The predicted octanol–water partition coefficient (Wildman–Crippen LogP) is 4.35. The Morgan fingerprint density at radius 1 is 1.13 bits per heavy atom. The second-order valence-corrected chi connectivity index (χ2v) is 7.63. The topological polar surface area (TPSA) is 93.5 Å². The van der Waals surface area contributed by atoms with Crippen molar-refractivity contribution >= 4 is 12.1 Å². The molecule has 0 saturated carbocycles. The number of imidazole rings is 1. The number of ether oxygens (including phenoxy) is 1. The molecule has 1 heterocycles. The number of alkyl carbamates (subject to hydrolysis) is 1. The molecule has 160 valence electrons. The molecular weight excluding hydrogens is 394 g/mol. The fraction of sp³-hybridized carbons (Fsp3) is 0.292. The Morgan fingerprint density at radius 3 is 2.39 bits per heavy atom. The van der Waals surface area contributed by atoms with Gasteiger partial charge in [0.1, 0.15) is 6.61 Å². The summed E-state index contributed by atoms with van der Waals surface area (Å²) in [4.78, 5) is 28.1. The summed E-state index contributed by atoms with van der Waals surface area (Å²) in [6.45, 7) is 2.89. The molecule has 1 aromatic heterocycles. The second-order valence-electron chi connectivity index (χ2n) is 7.63. The normalized spacial score (nSPS) is 13.3. The molecule has 0 unspecified atom stereocenters. The summed E-state index contributed by atoms with van der Waals surface area (Å²) in [7, 11) is 0. The molecule has 0 fully saturated rings. The van der Waals surface area contributed by atoms with E-state index in [-0.39, 0.29) is 18.9 Å². The molecule has 0 spiro atoms. The number of carbonyl (C=O) groups excluding carboxylic acids is 1. The van der Waals surface area contributed by atoms with Gasteiger partial charge in [-0.25, -0.2) is 9.78 Å². The van der Waals surface area contributed by atoms with Gasteiger partial charge in [0.25, 0.3) is 0 Å². The Hall–Kier alpha value is -3.61. The third-order valence-corrected chi connectivity index (χ3v) is 5.58. The molecule has 0 radical (unpaired) electrons. The molecule has 1 aliphatic rings. The van der Waals surface area contributed by atoms with Crippen LogP contribution in [0.1, 0.15) is 48.5 Å². The first-order chi connectivity index (χ1) is 15.1. The van der Waals surface area contributed by atoms with E-state index in [1.54, 1.807) is 12.5 Å². The standard InChI is InChI=1S/C24H25N3O4/c1-2-11-27-15-25-13-22(27)21(12-23(28)29)26-24(30)31-14-20-18-9-5-3-7-16(18)17-8-4-6-10-19(17)20/h3-10,13,15,20-21H,2,11-12,14H2,1H3,(H,26,30)(H,28,29)/t21-/m0/s1. The van der Waals surface area contributed by atoms with Gasteiger partial charge in [-0.15, -0.1) is 0 Å². The Morgan fingerprint density at radius 2 is 1.77 bits per heavy atom. The maximum Gasteiger partial charge on any atom is 0.407 e. The number of nitrogens with one attached hydrogen (secondary N) is 1. The van der Waals surface area contributed by atoms with Crippen molar-refractivity contribution in [1.82, 2.24) is 14.9 Å². The SMILES string of the molecule is CCCn1cncc1[C@H](CC(=O)O)NC(=O)OCC1c2ccccc2-c2ccccc21. The van der Waals surface area contributed by atoms with E-state index < -0.39 is 18.1 Å². The Balaban J connectivity index is 1.48. The summed E-state index contributed by atoms with van der Waals surface area (Å²) >= 11 is 0. The number of aliphatic carboxylic acids is 1. The first-order valence-corrected chi connectivity index (χ1v) is 10.4. The van der Waals surface area contributed by atoms with Crippen LogP contribution >= 0.6 is 0 Å². The third-order valence-electron chi connectivity index (χ3n) is 5.58. The fourth-order valence-corrected chi connectivity index (χ4v) is 4.24. The van der Waals surface area contributed by atoms with Crippen LogP contribution < -0.4 is 5.32 Å². The largest absolute Gasteiger partial charge is 0.481 e. The molecule has 1 aliphatic carbocycles. The van der Waals surface area contributed by atoms with Crippen molar-refractivity contribution in [2.75, 3.05) is 6.61 Å². The number of amides is 1. The number of aromatic nitrogens is 2. The molecule has 7 heteroatoms. The predicted molar refractivity (Wildman–Crippen MR) is 116 cm³/mol. The lowest BCUT2D eigenvalue weighted by Gasteiger charge is -2.20. The zero-order chi connectivity index (χ0) is 21.8. The van der Waals surface area contributed by atoms with E-state index in [1.807, 2.05) is 35.8 Å². The van der Waals surface area contributed by atoms with Gasteiger partial charge >= 0.3 is 12.1 Å². The van der Waals surface area contributed by atoms with Gasteiger partial charge in [0.05, 0.1) is 30.7 Å². The van der Waals surface area contributed by atoms with E-state index in [9.17, 15) is 14.7 Å². The first kappa shape index (κ1) is 20.7. The molecule has 2 N–H and O–H groups in total. The number of nitrogens with zero attached hydrogens (tertiary/aromatic N) is 2. The smallest absolute Gasteiger partial charge is 0.407 e. The minimum atomic E-state index is -1.01. The van der Waals surface area contributed by atoms with Crippen molar-refractivity contribution in [3.8, 4) is 11.1 Å². The van der Waals surface area contributed by atoms with Gasteiger partial charge in [0, 0.05) is 12.5 Å². The van der Waals surface area contributed by atoms with Gasteiger partial charge in [0.15, 0.2) is 0 Å². The molecule has 7 nitrogen and oxygen atoms in total. The van der Waals surface area contributed by atoms with Crippen molar-refractivity contribution in [2.24, 2.45) is 0 Å². The average molecular weight is 419 g/mol. The summed E-state index contributed by atoms with van der Waals surface area (Å²) in [5.41, 5.74) is 5.20. The Kier molecular flexibility index (Phi) is 6.02. The van der Waals surface area contributed by atoms with Crippen molar-refractivity contribution in [2.45, 2.75) is 38.3 Å². The average Bonchev–Trinajstić information content (AvgIpc) is 3.34. The van der Waals surface area contributed by atoms with E-state index in [0.29, 0.717) is 12.2 Å². The maximum absolute atomic E-state index is 12.6. The summed E-state index contributed by atoms with van der Waals surface area (Å²) in [6, 6.07) is 15.5. The highest BCUT2D eigenvalue weighted by Gasteiger charge is 2.29. The van der Waals surface area contributed by atoms with E-state index in [4.69, 9.17) is 4.74 Å². The van der Waals surface area contributed by atoms with Crippen LogP contribution in [0.25, 0.3) is 11.1 Å². The zero-order valence-electron chi connectivity index (χ0n) is 17.3. The number of hydrogen-bond donors (Lipinski definition) is 2. The van der Waals surface area contributed by atoms with E-state index in [2.05, 4.69) is 34.6 Å². The molecule has 1 amide bonds. The number of aryl methyl sites for hydroxylation is 1. The number of carboxylic acids is 1. The molecule has 1 atom stereocenters. The summed E-state index contributed by atoms with van der Waals surface area (Å²) in [6.07, 6.45) is 3.21. The Bertz CT molecular complexity index is 1050. The molecule has 0 bridgehead atoms. The van der Waals surface area contributed by atoms with E-state index in [1.165, 1.54) is 0 Å². The lowest BCUT2D eigenvalue weighted by atomic mass is 9.98. The van der Waals surface area contributed by atoms with E-state index >= 15 is 0 Å². The van der Waals surface area contributed by atoms with Gasteiger partial charge in [-0.1, -0.05) is 55.5 Å². The molecule has 0 saturated heterocycles. The number of rotatable bonds is 8. The minimum Gasteiger partial charge on any atom is -0.481 e. The van der Waals surface area contributed by atoms with Crippen molar-refractivity contribution in [1.29, 1.82) is 0 Å². The van der Waals surface area contributed by atoms with Gasteiger partial charge in [-0.2, -0.15) is 0 Å². The fourth-order valence-electron chi connectivity index (χ4n) is 4.24. The highest BCUT2D eigenvalue weighted by molar-refractivity contribution is 5.79. The molecule has 2 aromatic carbocycles.